The number of alkyl halides is 1. The summed E-state index contributed by atoms with van der Waals surface area (Å²) < 4.78 is 2.41. The van der Waals surface area contributed by atoms with Gasteiger partial charge in [-0.25, -0.2) is 0 Å². The monoisotopic (exact) mass is 394 g/mol. The smallest absolute Gasteiger partial charge is 0.0437 e. The number of hydrogen-bond donors (Lipinski definition) is 0. The minimum absolute atomic E-state index is 0.485. The van der Waals surface area contributed by atoms with Crippen LogP contribution in [-0.2, 0) is 0 Å². The number of aryl methyl sites for hydroxylation is 1. The fourth-order valence-electron chi connectivity index (χ4n) is 1.86. The van der Waals surface area contributed by atoms with Crippen molar-refractivity contribution >= 4 is 47.8 Å². The summed E-state index contributed by atoms with van der Waals surface area (Å²) in [7, 11) is 0. The lowest BCUT2D eigenvalue weighted by Crippen LogP contribution is -1.96. The summed E-state index contributed by atoms with van der Waals surface area (Å²) in [6, 6.07) is 4.41. The SMILES string of the molecule is Cc1cc(Br)c(C(Br)C2CC2C)cc1Br. The number of hydrogen-bond acceptors (Lipinski definition) is 0. The Labute approximate surface area is 116 Å². The molecule has 0 nitrogen and oxygen atoms in total. The van der Waals surface area contributed by atoms with Crippen molar-refractivity contribution in [2.24, 2.45) is 11.8 Å². The average molecular weight is 397 g/mol. The van der Waals surface area contributed by atoms with Gasteiger partial charge in [0, 0.05) is 13.8 Å². The van der Waals surface area contributed by atoms with Crippen LogP contribution in [0.2, 0.25) is 0 Å². The second-order valence-corrected chi connectivity index (χ2v) is 7.10. The predicted octanol–water partition coefficient (Wildman–Crippen LogP) is 5.61. The van der Waals surface area contributed by atoms with Gasteiger partial charge in [-0.15, -0.1) is 0 Å². The van der Waals surface area contributed by atoms with Crippen molar-refractivity contribution in [1.82, 2.24) is 0 Å². The summed E-state index contributed by atoms with van der Waals surface area (Å²) in [6.07, 6.45) is 1.34. The highest BCUT2D eigenvalue weighted by Gasteiger charge is 2.39. The van der Waals surface area contributed by atoms with Gasteiger partial charge in [0.1, 0.15) is 0 Å². The van der Waals surface area contributed by atoms with Crippen molar-refractivity contribution in [3.8, 4) is 0 Å². The van der Waals surface area contributed by atoms with Crippen LogP contribution in [0, 0.1) is 18.8 Å². The summed E-state index contributed by atoms with van der Waals surface area (Å²) in [5, 5.41) is 0. The van der Waals surface area contributed by atoms with Gasteiger partial charge in [-0.2, -0.15) is 0 Å². The first-order valence-electron chi connectivity index (χ1n) is 5.10. The molecule has 0 spiro atoms. The molecule has 0 aliphatic heterocycles. The van der Waals surface area contributed by atoms with Crippen LogP contribution in [0.15, 0.2) is 21.1 Å². The summed E-state index contributed by atoms with van der Waals surface area (Å²) in [6.45, 7) is 4.43. The fraction of sp³-hybridized carbons (Fsp3) is 0.500. The van der Waals surface area contributed by atoms with E-state index in [1.54, 1.807) is 0 Å². The molecular weight excluding hydrogens is 384 g/mol. The average Bonchev–Trinajstić information content (AvgIpc) is 2.88. The molecule has 0 bridgehead atoms. The summed E-state index contributed by atoms with van der Waals surface area (Å²) in [5.74, 6) is 1.66. The Bertz CT molecular complexity index is 387. The molecule has 0 heterocycles. The Kier molecular flexibility index (Phi) is 3.64. The molecule has 15 heavy (non-hydrogen) atoms. The van der Waals surface area contributed by atoms with E-state index in [-0.39, 0.29) is 0 Å². The van der Waals surface area contributed by atoms with Gasteiger partial charge in [-0.05, 0) is 48.4 Å². The number of benzene rings is 1. The molecule has 1 saturated carbocycles. The molecule has 3 heteroatoms. The zero-order valence-corrected chi connectivity index (χ0v) is 13.5. The van der Waals surface area contributed by atoms with E-state index >= 15 is 0 Å². The van der Waals surface area contributed by atoms with Crippen molar-refractivity contribution in [2.45, 2.75) is 25.1 Å². The third-order valence-corrected chi connectivity index (χ3v) is 5.84. The first-order valence-corrected chi connectivity index (χ1v) is 7.60. The van der Waals surface area contributed by atoms with Crippen LogP contribution in [0.5, 0.6) is 0 Å². The number of rotatable bonds is 2. The Morgan fingerprint density at radius 2 is 1.87 bits per heavy atom. The van der Waals surface area contributed by atoms with Crippen molar-refractivity contribution in [3.63, 3.8) is 0 Å². The van der Waals surface area contributed by atoms with Gasteiger partial charge in [0.15, 0.2) is 0 Å². The van der Waals surface area contributed by atoms with Crippen LogP contribution in [0.4, 0.5) is 0 Å². The molecule has 0 amide bonds. The Hall–Kier alpha value is 0.660. The van der Waals surface area contributed by atoms with E-state index in [0.29, 0.717) is 4.83 Å². The highest BCUT2D eigenvalue weighted by atomic mass is 79.9. The minimum Gasteiger partial charge on any atom is -0.0835 e. The van der Waals surface area contributed by atoms with E-state index in [0.717, 1.165) is 11.8 Å². The van der Waals surface area contributed by atoms with Gasteiger partial charge < -0.3 is 0 Å². The zero-order chi connectivity index (χ0) is 11.2. The van der Waals surface area contributed by atoms with Crippen LogP contribution >= 0.6 is 47.8 Å². The van der Waals surface area contributed by atoms with E-state index < -0.39 is 0 Å². The van der Waals surface area contributed by atoms with E-state index in [1.165, 1.54) is 26.5 Å². The normalized spacial score (nSPS) is 26.5. The second-order valence-electron chi connectivity index (χ2n) is 4.40. The molecule has 2 rings (SSSR count). The lowest BCUT2D eigenvalue weighted by atomic mass is 10.1. The van der Waals surface area contributed by atoms with E-state index in [9.17, 15) is 0 Å². The van der Waals surface area contributed by atoms with Gasteiger partial charge in [-0.1, -0.05) is 54.7 Å². The van der Waals surface area contributed by atoms with Crippen LogP contribution in [0.25, 0.3) is 0 Å². The molecule has 1 aromatic carbocycles. The minimum atomic E-state index is 0.485. The van der Waals surface area contributed by atoms with Gasteiger partial charge >= 0.3 is 0 Å². The number of halogens is 3. The van der Waals surface area contributed by atoms with Crippen LogP contribution < -0.4 is 0 Å². The van der Waals surface area contributed by atoms with Crippen LogP contribution in [0.1, 0.15) is 29.3 Å². The van der Waals surface area contributed by atoms with Gasteiger partial charge in [-0.3, -0.25) is 0 Å². The molecule has 0 saturated heterocycles. The van der Waals surface area contributed by atoms with Crippen LogP contribution in [-0.4, -0.2) is 0 Å². The second kappa shape index (κ2) is 4.50. The standard InChI is InChI=1S/C12H13Br3/c1-6-3-8(6)12(15)9-5-10(13)7(2)4-11(9)14/h4-6,8,12H,3H2,1-2H3. The maximum atomic E-state index is 3.81. The molecule has 1 aliphatic rings. The molecule has 0 N–H and O–H groups in total. The highest BCUT2D eigenvalue weighted by Crippen LogP contribution is 2.52. The molecule has 1 aliphatic carbocycles. The van der Waals surface area contributed by atoms with E-state index in [2.05, 4.69) is 73.8 Å². The molecule has 0 aromatic heterocycles. The molecule has 1 fully saturated rings. The van der Waals surface area contributed by atoms with Crippen molar-refractivity contribution < 1.29 is 0 Å². The van der Waals surface area contributed by atoms with Gasteiger partial charge in [0.05, 0.1) is 0 Å². The Morgan fingerprint density at radius 3 is 2.40 bits per heavy atom. The zero-order valence-electron chi connectivity index (χ0n) is 8.73. The molecule has 82 valence electrons. The maximum Gasteiger partial charge on any atom is 0.0437 e. The topological polar surface area (TPSA) is 0 Å². The summed E-state index contributed by atoms with van der Waals surface area (Å²) in [4.78, 5) is 0.485. The molecule has 3 atom stereocenters. The largest absolute Gasteiger partial charge is 0.0835 e. The van der Waals surface area contributed by atoms with Gasteiger partial charge in [0.25, 0.3) is 0 Å². The first-order chi connectivity index (χ1) is 7.00. The third kappa shape index (κ3) is 2.50. The van der Waals surface area contributed by atoms with Crippen molar-refractivity contribution in [2.75, 3.05) is 0 Å². The molecule has 3 unspecified atom stereocenters. The first kappa shape index (κ1) is 12.1. The molecule has 1 aromatic rings. The van der Waals surface area contributed by atoms with Crippen molar-refractivity contribution in [3.05, 3.63) is 32.2 Å². The Balaban J connectivity index is 2.31. The molecular formula is C12H13Br3. The van der Waals surface area contributed by atoms with Crippen molar-refractivity contribution in [1.29, 1.82) is 0 Å². The lowest BCUT2D eigenvalue weighted by Gasteiger charge is -2.13. The lowest BCUT2D eigenvalue weighted by molar-refractivity contribution is 0.737. The maximum absolute atomic E-state index is 3.81. The molecule has 0 radical (unpaired) electrons. The quantitative estimate of drug-likeness (QED) is 0.570. The predicted molar refractivity (Wildman–Crippen MR) is 75.5 cm³/mol. The summed E-state index contributed by atoms with van der Waals surface area (Å²) >= 11 is 11.1. The van der Waals surface area contributed by atoms with E-state index in [1.807, 2.05) is 0 Å². The fourth-order valence-corrected chi connectivity index (χ4v) is 4.35. The third-order valence-electron chi connectivity index (χ3n) is 3.12. The van der Waals surface area contributed by atoms with Gasteiger partial charge in [0.2, 0.25) is 0 Å². The highest BCUT2D eigenvalue weighted by molar-refractivity contribution is 9.11. The summed E-state index contributed by atoms with van der Waals surface area (Å²) in [5.41, 5.74) is 2.64. The van der Waals surface area contributed by atoms with E-state index in [4.69, 9.17) is 0 Å². The van der Waals surface area contributed by atoms with Crippen LogP contribution in [0.3, 0.4) is 0 Å². The Morgan fingerprint density at radius 1 is 1.27 bits per heavy atom.